The fourth-order valence-electron chi connectivity index (χ4n) is 2.18. The second-order valence-electron chi connectivity index (χ2n) is 4.26. The Bertz CT molecular complexity index is 426. The van der Waals surface area contributed by atoms with E-state index in [-0.39, 0.29) is 17.6 Å². The Morgan fingerprint density at radius 3 is 2.93 bits per heavy atom. The van der Waals surface area contributed by atoms with Crippen LogP contribution in [0.1, 0.15) is 18.4 Å². The molecule has 3 heteroatoms. The van der Waals surface area contributed by atoms with Crippen molar-refractivity contribution in [3.63, 3.8) is 0 Å². The van der Waals surface area contributed by atoms with Gasteiger partial charge >= 0.3 is 0 Å². The number of hydrogen-bond acceptors (Lipinski definition) is 1. The zero-order valence-corrected chi connectivity index (χ0v) is 8.37. The quantitative estimate of drug-likeness (QED) is 0.687. The van der Waals surface area contributed by atoms with Gasteiger partial charge in [0.15, 0.2) is 0 Å². The van der Waals surface area contributed by atoms with Gasteiger partial charge < -0.3 is 4.90 Å². The summed E-state index contributed by atoms with van der Waals surface area (Å²) in [6.07, 6.45) is 2.73. The number of hydrogen-bond donors (Lipinski definition) is 0. The highest BCUT2D eigenvalue weighted by Crippen LogP contribution is 2.37. The first kappa shape index (κ1) is 8.89. The molecule has 1 heterocycles. The average molecular weight is 205 g/mol. The number of carbonyl (C=O) groups is 1. The maximum Gasteiger partial charge on any atom is 0.230 e. The van der Waals surface area contributed by atoms with Gasteiger partial charge in [0.05, 0.1) is 5.69 Å². The van der Waals surface area contributed by atoms with Crippen LogP contribution in [0.2, 0.25) is 0 Å². The van der Waals surface area contributed by atoms with Gasteiger partial charge in [-0.3, -0.25) is 4.79 Å². The molecular formula is C12H12FNO. The van der Waals surface area contributed by atoms with E-state index in [9.17, 15) is 9.18 Å². The van der Waals surface area contributed by atoms with Crippen LogP contribution in [0.4, 0.5) is 10.1 Å². The first-order chi connectivity index (χ1) is 7.27. The molecule has 1 aromatic carbocycles. The minimum absolute atomic E-state index is 0.110. The van der Waals surface area contributed by atoms with Crippen molar-refractivity contribution in [2.45, 2.75) is 19.3 Å². The number of halogens is 1. The summed E-state index contributed by atoms with van der Waals surface area (Å²) in [5.74, 6) is 0.00778. The lowest BCUT2D eigenvalue weighted by atomic mass is 10.1. The molecule has 15 heavy (non-hydrogen) atoms. The number of nitrogens with zero attached hydrogens (tertiary/aromatic N) is 1. The molecule has 2 nitrogen and oxygen atoms in total. The zero-order valence-electron chi connectivity index (χ0n) is 8.37. The monoisotopic (exact) mass is 205 g/mol. The predicted octanol–water partition coefficient (Wildman–Crippen LogP) is 2.12. The summed E-state index contributed by atoms with van der Waals surface area (Å²) < 4.78 is 13.6. The van der Waals surface area contributed by atoms with E-state index in [1.165, 1.54) is 6.07 Å². The first-order valence-electron chi connectivity index (χ1n) is 5.36. The molecule has 1 aliphatic heterocycles. The topological polar surface area (TPSA) is 20.3 Å². The highest BCUT2D eigenvalue weighted by atomic mass is 19.1. The van der Waals surface area contributed by atoms with Crippen molar-refractivity contribution < 1.29 is 9.18 Å². The zero-order chi connectivity index (χ0) is 10.4. The molecule has 1 saturated carbocycles. The van der Waals surface area contributed by atoms with Crippen molar-refractivity contribution in [2.24, 2.45) is 5.92 Å². The third-order valence-electron chi connectivity index (χ3n) is 3.14. The molecule has 0 unspecified atom stereocenters. The van der Waals surface area contributed by atoms with Crippen LogP contribution in [0, 0.1) is 11.7 Å². The maximum absolute atomic E-state index is 13.6. The highest BCUT2D eigenvalue weighted by molar-refractivity contribution is 5.98. The molecule has 78 valence electrons. The lowest BCUT2D eigenvalue weighted by Crippen LogP contribution is -2.30. The minimum Gasteiger partial charge on any atom is -0.309 e. The maximum atomic E-state index is 13.6. The van der Waals surface area contributed by atoms with E-state index in [1.807, 2.05) is 6.07 Å². The van der Waals surface area contributed by atoms with E-state index in [0.717, 1.165) is 24.8 Å². The molecule has 0 N–H and O–H groups in total. The second kappa shape index (κ2) is 3.05. The van der Waals surface area contributed by atoms with Gasteiger partial charge in [-0.25, -0.2) is 4.39 Å². The van der Waals surface area contributed by atoms with Gasteiger partial charge in [-0.2, -0.15) is 0 Å². The molecule has 1 aliphatic carbocycles. The van der Waals surface area contributed by atoms with Crippen molar-refractivity contribution in [2.75, 3.05) is 11.4 Å². The molecule has 1 fully saturated rings. The van der Waals surface area contributed by atoms with Crippen molar-refractivity contribution >= 4 is 11.6 Å². The molecule has 0 spiro atoms. The van der Waals surface area contributed by atoms with Crippen LogP contribution in [0.3, 0.4) is 0 Å². The van der Waals surface area contributed by atoms with Crippen LogP contribution in [0.5, 0.6) is 0 Å². The van der Waals surface area contributed by atoms with E-state index in [2.05, 4.69) is 0 Å². The van der Waals surface area contributed by atoms with Crippen molar-refractivity contribution in [1.29, 1.82) is 0 Å². The smallest absolute Gasteiger partial charge is 0.230 e. The van der Waals surface area contributed by atoms with E-state index in [0.29, 0.717) is 12.2 Å². The Balaban J connectivity index is 1.99. The van der Waals surface area contributed by atoms with Gasteiger partial charge in [0, 0.05) is 12.5 Å². The summed E-state index contributed by atoms with van der Waals surface area (Å²) in [5.41, 5.74) is 1.48. The molecular weight excluding hydrogens is 193 g/mol. The Hall–Kier alpha value is -1.38. The predicted molar refractivity (Wildman–Crippen MR) is 55.2 cm³/mol. The molecule has 3 rings (SSSR count). The summed E-state index contributed by atoms with van der Waals surface area (Å²) in [7, 11) is 0. The molecule has 0 radical (unpaired) electrons. The van der Waals surface area contributed by atoms with E-state index < -0.39 is 0 Å². The number of carbonyl (C=O) groups excluding carboxylic acids is 1. The summed E-state index contributed by atoms with van der Waals surface area (Å²) in [5, 5.41) is 0. The Morgan fingerprint density at radius 2 is 2.20 bits per heavy atom. The number of amides is 1. The Labute approximate surface area is 87.7 Å². The summed E-state index contributed by atoms with van der Waals surface area (Å²) in [6, 6.07) is 5.04. The van der Waals surface area contributed by atoms with Crippen LogP contribution < -0.4 is 4.90 Å². The van der Waals surface area contributed by atoms with Crippen LogP contribution in [-0.4, -0.2) is 12.5 Å². The molecule has 2 aliphatic rings. The van der Waals surface area contributed by atoms with Gasteiger partial charge in [0.1, 0.15) is 5.82 Å². The van der Waals surface area contributed by atoms with Gasteiger partial charge in [-0.15, -0.1) is 0 Å². The van der Waals surface area contributed by atoms with E-state index in [4.69, 9.17) is 0 Å². The molecule has 1 amide bonds. The van der Waals surface area contributed by atoms with Gasteiger partial charge in [-0.05, 0) is 30.9 Å². The number of rotatable bonds is 1. The Kier molecular flexibility index (Phi) is 1.81. The number of benzene rings is 1. The summed E-state index contributed by atoms with van der Waals surface area (Å²) >= 11 is 0. The van der Waals surface area contributed by atoms with Crippen molar-refractivity contribution in [3.8, 4) is 0 Å². The normalized spacial score (nSPS) is 19.1. The fraction of sp³-hybridized carbons (Fsp3) is 0.417. The lowest BCUT2D eigenvalue weighted by molar-refractivity contribution is -0.119. The molecule has 0 atom stereocenters. The summed E-state index contributed by atoms with van der Waals surface area (Å²) in [4.78, 5) is 13.5. The van der Waals surface area contributed by atoms with Gasteiger partial charge in [0.25, 0.3) is 0 Å². The molecule has 1 aromatic rings. The number of anilines is 1. The molecule has 0 bridgehead atoms. The van der Waals surface area contributed by atoms with Crippen LogP contribution in [0.15, 0.2) is 18.2 Å². The van der Waals surface area contributed by atoms with Gasteiger partial charge in [0.2, 0.25) is 5.91 Å². The van der Waals surface area contributed by atoms with Crippen molar-refractivity contribution in [1.82, 2.24) is 0 Å². The third kappa shape index (κ3) is 1.34. The number of fused-ring (bicyclic) bond motifs is 1. The molecule has 0 saturated heterocycles. The average Bonchev–Trinajstić information content (AvgIpc) is 2.98. The second-order valence-corrected chi connectivity index (χ2v) is 4.26. The third-order valence-corrected chi connectivity index (χ3v) is 3.14. The molecule has 0 aromatic heterocycles. The number of para-hydroxylation sites is 1. The van der Waals surface area contributed by atoms with Crippen LogP contribution in [-0.2, 0) is 11.2 Å². The SMILES string of the molecule is O=C(C1CC1)N1CCc2cccc(F)c21. The highest BCUT2D eigenvalue weighted by Gasteiger charge is 2.37. The minimum atomic E-state index is -0.265. The van der Waals surface area contributed by atoms with Gasteiger partial charge in [-0.1, -0.05) is 12.1 Å². The van der Waals surface area contributed by atoms with Crippen LogP contribution >= 0.6 is 0 Å². The standard InChI is InChI=1S/C12H12FNO/c13-10-3-1-2-8-6-7-14(11(8)10)12(15)9-4-5-9/h1-3,9H,4-7H2. The first-order valence-corrected chi connectivity index (χ1v) is 5.36. The Morgan fingerprint density at radius 1 is 1.40 bits per heavy atom. The van der Waals surface area contributed by atoms with E-state index in [1.54, 1.807) is 11.0 Å². The van der Waals surface area contributed by atoms with Crippen molar-refractivity contribution in [3.05, 3.63) is 29.6 Å². The largest absolute Gasteiger partial charge is 0.309 e. The lowest BCUT2D eigenvalue weighted by Gasteiger charge is -2.17. The van der Waals surface area contributed by atoms with Crippen LogP contribution in [0.25, 0.3) is 0 Å². The van der Waals surface area contributed by atoms with E-state index >= 15 is 0 Å². The summed E-state index contributed by atoms with van der Waals surface area (Å²) in [6.45, 7) is 0.644. The fourth-order valence-corrected chi connectivity index (χ4v) is 2.18.